The van der Waals surface area contributed by atoms with Crippen molar-refractivity contribution in [3.05, 3.63) is 53.1 Å². The maximum absolute atomic E-state index is 10.7. The number of benzene rings is 2. The average Bonchev–Trinajstić information content (AvgIpc) is 2.98. The van der Waals surface area contributed by atoms with Crippen LogP contribution in [-0.4, -0.2) is 27.1 Å². The molecule has 2 aromatic rings. The van der Waals surface area contributed by atoms with E-state index in [1.165, 1.54) is 27.9 Å². The van der Waals surface area contributed by atoms with Gasteiger partial charge >= 0.3 is 0 Å². The summed E-state index contributed by atoms with van der Waals surface area (Å²) in [5.41, 5.74) is 7.19. The molecule has 1 aliphatic rings. The second-order valence-electron chi connectivity index (χ2n) is 5.09. The van der Waals surface area contributed by atoms with Gasteiger partial charge in [0.1, 0.15) is 6.29 Å². The quantitative estimate of drug-likeness (QED) is 0.854. The lowest BCUT2D eigenvalue weighted by molar-refractivity contribution is 0.112. The van der Waals surface area contributed by atoms with Gasteiger partial charge in [0.25, 0.3) is 0 Å². The summed E-state index contributed by atoms with van der Waals surface area (Å²) < 4.78 is 4.25. The third-order valence-corrected chi connectivity index (χ3v) is 3.65. The molecule has 0 aromatic heterocycles. The number of methoxy groups -OCH3 is 1. The van der Waals surface area contributed by atoms with Crippen molar-refractivity contribution in [1.29, 1.82) is 0 Å². The molecule has 0 aliphatic carbocycles. The molecule has 21 heavy (non-hydrogen) atoms. The molecule has 0 amide bonds. The van der Waals surface area contributed by atoms with Crippen molar-refractivity contribution in [1.82, 2.24) is 0 Å². The molecule has 1 heterocycles. The molecule has 0 atom stereocenters. The number of hydrogen-bond donors (Lipinski definition) is 1. The molecular formula is C18H21NO2. The van der Waals surface area contributed by atoms with E-state index >= 15 is 0 Å². The fourth-order valence-corrected chi connectivity index (χ4v) is 2.62. The van der Waals surface area contributed by atoms with E-state index in [4.69, 9.17) is 0 Å². The van der Waals surface area contributed by atoms with Crippen molar-refractivity contribution in [2.24, 2.45) is 0 Å². The topological polar surface area (TPSA) is 38.3 Å². The minimum Gasteiger partial charge on any atom is -0.388 e. The lowest BCUT2D eigenvalue weighted by atomic mass is 9.94. The van der Waals surface area contributed by atoms with Crippen LogP contribution < -0.4 is 5.32 Å². The zero-order chi connectivity index (χ0) is 15.2. The Morgan fingerprint density at radius 2 is 1.76 bits per heavy atom. The van der Waals surface area contributed by atoms with Crippen LogP contribution in [0.25, 0.3) is 11.1 Å². The minimum absolute atomic E-state index is 0.722. The van der Waals surface area contributed by atoms with Gasteiger partial charge in [-0.1, -0.05) is 30.3 Å². The largest absolute Gasteiger partial charge is 0.388 e. The van der Waals surface area contributed by atoms with E-state index in [2.05, 4.69) is 29.1 Å². The van der Waals surface area contributed by atoms with E-state index < -0.39 is 0 Å². The lowest BCUT2D eigenvalue weighted by Gasteiger charge is -2.11. The number of hydrogen-bond acceptors (Lipinski definition) is 3. The smallest absolute Gasteiger partial charge is 0.150 e. The Kier molecular flexibility index (Phi) is 5.12. The summed E-state index contributed by atoms with van der Waals surface area (Å²) in [7, 11) is 3.25. The van der Waals surface area contributed by atoms with E-state index in [0.717, 1.165) is 24.8 Å². The summed E-state index contributed by atoms with van der Waals surface area (Å²) in [5.74, 6) is 0. The zero-order valence-electron chi connectivity index (χ0n) is 12.8. The van der Waals surface area contributed by atoms with Gasteiger partial charge in [-0.3, -0.25) is 4.79 Å². The normalized spacial score (nSPS) is 12.0. The molecule has 3 heteroatoms. The third-order valence-electron chi connectivity index (χ3n) is 3.65. The van der Waals surface area contributed by atoms with Gasteiger partial charge < -0.3 is 10.1 Å². The Hall–Kier alpha value is -2.13. The molecule has 2 aromatic carbocycles. The van der Waals surface area contributed by atoms with Crippen molar-refractivity contribution < 1.29 is 9.53 Å². The Labute approximate surface area is 126 Å². The minimum atomic E-state index is 0.722. The van der Waals surface area contributed by atoms with Crippen LogP contribution >= 0.6 is 0 Å². The number of ether oxygens (including phenoxy) is 1. The van der Waals surface area contributed by atoms with Gasteiger partial charge in [0.15, 0.2) is 0 Å². The molecule has 0 saturated carbocycles. The number of carbonyl (C=O) groups excluding carboxylic acids is 1. The number of fused-ring (bicyclic) bond motifs is 1. The monoisotopic (exact) mass is 283 g/mol. The van der Waals surface area contributed by atoms with Crippen molar-refractivity contribution in [2.45, 2.75) is 13.3 Å². The molecule has 1 N–H and O–H groups in total. The van der Waals surface area contributed by atoms with Gasteiger partial charge in [-0.05, 0) is 41.7 Å². The Bertz CT molecular complexity index is 618. The van der Waals surface area contributed by atoms with Crippen LogP contribution in [0.1, 0.15) is 21.5 Å². The highest BCUT2D eigenvalue weighted by molar-refractivity contribution is 5.79. The summed E-state index contributed by atoms with van der Waals surface area (Å²) in [6.07, 6.45) is 1.98. The number of nitrogens with one attached hydrogen (secondary N) is 1. The van der Waals surface area contributed by atoms with E-state index in [9.17, 15) is 4.79 Å². The first-order valence-corrected chi connectivity index (χ1v) is 7.03. The first-order chi connectivity index (χ1) is 10.2. The molecule has 0 bridgehead atoms. The molecule has 0 spiro atoms. The lowest BCUT2D eigenvalue weighted by Crippen LogP contribution is -1.90. The summed E-state index contributed by atoms with van der Waals surface area (Å²) in [5, 5.41) is 3.39. The molecule has 3 nitrogen and oxygen atoms in total. The van der Waals surface area contributed by atoms with Crippen molar-refractivity contribution >= 4 is 12.0 Å². The summed E-state index contributed by atoms with van der Waals surface area (Å²) in [6, 6.07) is 12.1. The van der Waals surface area contributed by atoms with E-state index in [1.807, 2.05) is 24.3 Å². The van der Waals surface area contributed by atoms with E-state index in [1.54, 1.807) is 14.2 Å². The van der Waals surface area contributed by atoms with Crippen molar-refractivity contribution in [2.75, 3.05) is 26.1 Å². The second-order valence-corrected chi connectivity index (χ2v) is 5.09. The SMILES string of the molecule is COC.Cc1c(-c2ccc(C=O)cc2)ccc2c1CCN2. The number of aldehydes is 1. The maximum atomic E-state index is 10.7. The van der Waals surface area contributed by atoms with Gasteiger partial charge in [-0.15, -0.1) is 0 Å². The van der Waals surface area contributed by atoms with Crippen LogP contribution in [0.2, 0.25) is 0 Å². The van der Waals surface area contributed by atoms with Gasteiger partial charge in [0.2, 0.25) is 0 Å². The summed E-state index contributed by atoms with van der Waals surface area (Å²) in [6.45, 7) is 3.21. The van der Waals surface area contributed by atoms with Crippen LogP contribution in [-0.2, 0) is 11.2 Å². The Morgan fingerprint density at radius 3 is 2.38 bits per heavy atom. The van der Waals surface area contributed by atoms with Crippen molar-refractivity contribution in [3.63, 3.8) is 0 Å². The highest BCUT2D eigenvalue weighted by atomic mass is 16.4. The maximum Gasteiger partial charge on any atom is 0.150 e. The van der Waals surface area contributed by atoms with Crippen LogP contribution in [0.5, 0.6) is 0 Å². The summed E-state index contributed by atoms with van der Waals surface area (Å²) in [4.78, 5) is 10.7. The predicted octanol–water partition coefficient (Wildman–Crippen LogP) is 3.71. The van der Waals surface area contributed by atoms with Gasteiger partial charge in [-0.2, -0.15) is 0 Å². The first kappa shape index (κ1) is 15.3. The average molecular weight is 283 g/mol. The van der Waals surface area contributed by atoms with E-state index in [0.29, 0.717) is 0 Å². The van der Waals surface area contributed by atoms with Gasteiger partial charge in [-0.25, -0.2) is 0 Å². The van der Waals surface area contributed by atoms with Crippen LogP contribution in [0.3, 0.4) is 0 Å². The van der Waals surface area contributed by atoms with Crippen molar-refractivity contribution in [3.8, 4) is 11.1 Å². The van der Waals surface area contributed by atoms with Crippen LogP contribution in [0.15, 0.2) is 36.4 Å². The van der Waals surface area contributed by atoms with Crippen LogP contribution in [0, 0.1) is 6.92 Å². The Morgan fingerprint density at radius 1 is 1.10 bits per heavy atom. The number of anilines is 1. The molecule has 0 fully saturated rings. The molecule has 110 valence electrons. The van der Waals surface area contributed by atoms with Gasteiger partial charge in [0.05, 0.1) is 0 Å². The Balaban J connectivity index is 0.000000497. The number of rotatable bonds is 2. The highest BCUT2D eigenvalue weighted by Crippen LogP contribution is 2.33. The first-order valence-electron chi connectivity index (χ1n) is 7.03. The zero-order valence-corrected chi connectivity index (χ0v) is 12.8. The molecule has 1 aliphatic heterocycles. The molecular weight excluding hydrogens is 262 g/mol. The highest BCUT2D eigenvalue weighted by Gasteiger charge is 2.15. The van der Waals surface area contributed by atoms with Crippen LogP contribution in [0.4, 0.5) is 5.69 Å². The molecule has 0 saturated heterocycles. The fraction of sp³-hybridized carbons (Fsp3) is 0.278. The van der Waals surface area contributed by atoms with E-state index in [-0.39, 0.29) is 0 Å². The molecule has 0 unspecified atom stereocenters. The fourth-order valence-electron chi connectivity index (χ4n) is 2.62. The summed E-state index contributed by atoms with van der Waals surface area (Å²) >= 11 is 0. The third kappa shape index (κ3) is 3.31. The molecule has 0 radical (unpaired) electrons. The van der Waals surface area contributed by atoms with Gasteiger partial charge in [0, 0.05) is 32.0 Å². The predicted molar refractivity (Wildman–Crippen MR) is 87.1 cm³/mol. The second kappa shape index (κ2) is 7.04. The molecule has 3 rings (SSSR count). The number of carbonyl (C=O) groups is 1. The standard InChI is InChI=1S/C16H15NO.C2H6O/c1-11-14(6-7-16-15(11)8-9-17-16)13-4-2-12(10-18)3-5-13;1-3-2/h2-7,10,17H,8-9H2,1H3;1-2H3.